The van der Waals surface area contributed by atoms with Crippen molar-refractivity contribution in [3.63, 3.8) is 0 Å². The minimum absolute atomic E-state index is 0. The summed E-state index contributed by atoms with van der Waals surface area (Å²) in [6, 6.07) is 0. The van der Waals surface area contributed by atoms with E-state index in [1.807, 2.05) is 0 Å². The first kappa shape index (κ1) is 11.4. The van der Waals surface area contributed by atoms with Crippen LogP contribution in [-0.4, -0.2) is 12.2 Å². The number of rotatable bonds is 0. The Morgan fingerprint density at radius 1 is 1.15 bits per heavy atom. The van der Waals surface area contributed by atoms with E-state index < -0.39 is 0 Å². The van der Waals surface area contributed by atoms with Crippen molar-refractivity contribution in [3.8, 4) is 0 Å². The van der Waals surface area contributed by atoms with Gasteiger partial charge in [0.1, 0.15) is 0 Å². The maximum atomic E-state index is 7.00. The Hall–Kier alpha value is 0.284. The second-order valence-corrected chi connectivity index (χ2v) is 4.24. The maximum absolute atomic E-state index is 7.00. The molecule has 1 N–H and O–H groups in total. The van der Waals surface area contributed by atoms with E-state index in [2.05, 4.69) is 12.2 Å². The van der Waals surface area contributed by atoms with E-state index in [-0.39, 0.29) is 18.6 Å². The molecule has 1 radical (unpaired) electrons. The van der Waals surface area contributed by atoms with Crippen LogP contribution in [0.2, 0.25) is 0 Å². The third-order valence-corrected chi connectivity index (χ3v) is 3.92. The quantitative estimate of drug-likeness (QED) is 0.617. The van der Waals surface area contributed by atoms with E-state index in [0.29, 0.717) is 0 Å². The molecule has 0 heterocycles. The van der Waals surface area contributed by atoms with E-state index in [9.17, 15) is 0 Å². The van der Waals surface area contributed by atoms with Crippen LogP contribution in [0.15, 0.2) is 12.2 Å². The zero-order valence-corrected chi connectivity index (χ0v) is 9.58. The first-order valence-electron chi connectivity index (χ1n) is 5.06. The summed E-state index contributed by atoms with van der Waals surface area (Å²) in [4.78, 5) is 0. The van der Waals surface area contributed by atoms with Gasteiger partial charge in [-0.25, -0.2) is 0 Å². The van der Waals surface area contributed by atoms with Gasteiger partial charge in [0.05, 0.1) is 0 Å². The fourth-order valence-electron chi connectivity index (χ4n) is 3.50. The SMILES string of the molecule is C1=CC2C3CCC(C3)C2C1.CO.[V]. The van der Waals surface area contributed by atoms with Gasteiger partial charge in [0.25, 0.3) is 0 Å². The first-order valence-corrected chi connectivity index (χ1v) is 5.06. The summed E-state index contributed by atoms with van der Waals surface area (Å²) in [5.74, 6) is 4.36. The molecule has 2 bridgehead atoms. The molecule has 0 aliphatic heterocycles. The minimum atomic E-state index is 0. The van der Waals surface area contributed by atoms with Crippen LogP contribution < -0.4 is 0 Å². The molecule has 2 fully saturated rings. The number of hydrogen-bond acceptors (Lipinski definition) is 1. The predicted octanol–water partition coefficient (Wildman–Crippen LogP) is 2.21. The molecule has 4 atom stereocenters. The van der Waals surface area contributed by atoms with Gasteiger partial charge in [-0.15, -0.1) is 0 Å². The van der Waals surface area contributed by atoms with Gasteiger partial charge in [0, 0.05) is 25.7 Å². The van der Waals surface area contributed by atoms with Gasteiger partial charge in [0.2, 0.25) is 0 Å². The van der Waals surface area contributed by atoms with Crippen LogP contribution in [0.1, 0.15) is 25.7 Å². The van der Waals surface area contributed by atoms with Crippen molar-refractivity contribution in [2.75, 3.05) is 7.11 Å². The Morgan fingerprint density at radius 2 is 1.85 bits per heavy atom. The fraction of sp³-hybridized carbons (Fsp3) is 0.818. The molecule has 4 unspecified atom stereocenters. The number of allylic oxidation sites excluding steroid dienone is 2. The largest absolute Gasteiger partial charge is 0.400 e. The van der Waals surface area contributed by atoms with Gasteiger partial charge >= 0.3 is 0 Å². The fourth-order valence-corrected chi connectivity index (χ4v) is 3.50. The molecule has 13 heavy (non-hydrogen) atoms. The molecule has 3 rings (SSSR count). The van der Waals surface area contributed by atoms with Crippen LogP contribution in [0.5, 0.6) is 0 Å². The Morgan fingerprint density at radius 3 is 2.54 bits per heavy atom. The molecule has 0 aromatic carbocycles. The molecule has 3 aliphatic carbocycles. The van der Waals surface area contributed by atoms with Crippen molar-refractivity contribution < 1.29 is 23.7 Å². The van der Waals surface area contributed by atoms with Crippen LogP contribution in [0.4, 0.5) is 0 Å². The van der Waals surface area contributed by atoms with Gasteiger partial charge in [0.15, 0.2) is 0 Å². The molecule has 1 nitrogen and oxygen atoms in total. The summed E-state index contributed by atoms with van der Waals surface area (Å²) in [6.45, 7) is 0. The van der Waals surface area contributed by atoms with Crippen molar-refractivity contribution >= 4 is 0 Å². The predicted molar refractivity (Wildman–Crippen MR) is 49.7 cm³/mol. The Labute approximate surface area is 92.5 Å². The number of fused-ring (bicyclic) bond motifs is 5. The normalized spacial score (nSPS) is 43.5. The molecule has 0 aromatic heterocycles. The molecule has 3 aliphatic rings. The van der Waals surface area contributed by atoms with Gasteiger partial charge in [-0.1, -0.05) is 12.2 Å². The summed E-state index contributed by atoms with van der Waals surface area (Å²) in [5.41, 5.74) is 0. The Bertz CT molecular complexity index is 191. The van der Waals surface area contributed by atoms with E-state index >= 15 is 0 Å². The number of aliphatic hydroxyl groups is 1. The van der Waals surface area contributed by atoms with Gasteiger partial charge in [-0.05, 0) is 49.4 Å². The molecule has 0 amide bonds. The van der Waals surface area contributed by atoms with Gasteiger partial charge < -0.3 is 5.11 Å². The standard InChI is InChI=1S/C10H14.CH4O.V/c1-2-9-7-4-5-8(6-7)10(9)3-1;1-2;/h1-2,7-10H,3-6H2;2H,1H3;. The second kappa shape index (κ2) is 4.68. The Kier molecular flexibility index (Phi) is 4.09. The minimum Gasteiger partial charge on any atom is -0.400 e. The molecule has 0 spiro atoms. The molecule has 2 heteroatoms. The monoisotopic (exact) mass is 217 g/mol. The first-order chi connectivity index (χ1) is 5.95. The van der Waals surface area contributed by atoms with Crippen LogP contribution in [0.25, 0.3) is 0 Å². The smallest absolute Gasteiger partial charge is 0.0319 e. The second-order valence-electron chi connectivity index (χ2n) is 4.24. The Balaban J connectivity index is 0.000000266. The summed E-state index contributed by atoms with van der Waals surface area (Å²) >= 11 is 0. The van der Waals surface area contributed by atoms with E-state index in [0.717, 1.165) is 30.8 Å². The molecule has 73 valence electrons. The van der Waals surface area contributed by atoms with Crippen molar-refractivity contribution in [2.24, 2.45) is 23.7 Å². The van der Waals surface area contributed by atoms with E-state index in [4.69, 9.17) is 5.11 Å². The number of aliphatic hydroxyl groups excluding tert-OH is 1. The average molecular weight is 217 g/mol. The zero-order chi connectivity index (χ0) is 8.55. The molecule has 0 saturated heterocycles. The molecule has 2 saturated carbocycles. The molecular weight excluding hydrogens is 199 g/mol. The summed E-state index contributed by atoms with van der Waals surface area (Å²) in [6.07, 6.45) is 11.0. The van der Waals surface area contributed by atoms with E-state index in [1.165, 1.54) is 12.8 Å². The van der Waals surface area contributed by atoms with E-state index in [1.54, 1.807) is 12.8 Å². The topological polar surface area (TPSA) is 20.2 Å². The van der Waals surface area contributed by atoms with Crippen LogP contribution in [0, 0.1) is 23.7 Å². The molecule has 0 aromatic rings. The van der Waals surface area contributed by atoms with Crippen LogP contribution >= 0.6 is 0 Å². The number of hydrogen-bond donors (Lipinski definition) is 1. The average Bonchev–Trinajstić information content (AvgIpc) is 2.81. The zero-order valence-electron chi connectivity index (χ0n) is 8.19. The summed E-state index contributed by atoms with van der Waals surface area (Å²) < 4.78 is 0. The van der Waals surface area contributed by atoms with Crippen molar-refractivity contribution in [1.29, 1.82) is 0 Å². The third kappa shape index (κ3) is 1.75. The summed E-state index contributed by atoms with van der Waals surface area (Å²) in [7, 11) is 1.00. The molecular formula is C11H18OV. The maximum Gasteiger partial charge on any atom is 0.0319 e. The van der Waals surface area contributed by atoms with Crippen LogP contribution in [-0.2, 0) is 18.6 Å². The van der Waals surface area contributed by atoms with Gasteiger partial charge in [-0.3, -0.25) is 0 Å². The van der Waals surface area contributed by atoms with Crippen molar-refractivity contribution in [3.05, 3.63) is 12.2 Å². The van der Waals surface area contributed by atoms with Crippen molar-refractivity contribution in [2.45, 2.75) is 25.7 Å². The van der Waals surface area contributed by atoms with Gasteiger partial charge in [-0.2, -0.15) is 0 Å². The summed E-state index contributed by atoms with van der Waals surface area (Å²) in [5, 5.41) is 7.00. The third-order valence-electron chi connectivity index (χ3n) is 3.92. The van der Waals surface area contributed by atoms with Crippen LogP contribution in [0.3, 0.4) is 0 Å². The van der Waals surface area contributed by atoms with Crippen molar-refractivity contribution in [1.82, 2.24) is 0 Å².